The number of methoxy groups -OCH3 is 1. The maximum atomic E-state index is 5.60. The summed E-state index contributed by atoms with van der Waals surface area (Å²) in [5, 5.41) is 3.19. The molecule has 100 valence electrons. The van der Waals surface area contributed by atoms with Gasteiger partial charge in [-0.25, -0.2) is 0 Å². The zero-order valence-corrected chi connectivity index (χ0v) is 11.2. The molecule has 0 aliphatic heterocycles. The minimum absolute atomic E-state index is 0.00245. The molecule has 1 heterocycles. The number of ether oxygens (including phenoxy) is 1. The summed E-state index contributed by atoms with van der Waals surface area (Å²) in [4.78, 5) is 12.2. The van der Waals surface area contributed by atoms with Gasteiger partial charge in [0.15, 0.2) is 0 Å². The topological polar surface area (TPSA) is 86.0 Å². The highest BCUT2D eigenvalue weighted by Crippen LogP contribution is 2.26. The Bertz CT molecular complexity index is 552. The average molecular weight is 259 g/mol. The molecule has 6 heteroatoms. The van der Waals surface area contributed by atoms with Crippen LogP contribution >= 0.6 is 0 Å². The van der Waals surface area contributed by atoms with Crippen molar-refractivity contribution in [1.82, 2.24) is 15.0 Å². The summed E-state index contributed by atoms with van der Waals surface area (Å²) < 4.78 is 5.33. The summed E-state index contributed by atoms with van der Waals surface area (Å²) in [7, 11) is 1.65. The Morgan fingerprint density at radius 1 is 1.21 bits per heavy atom. The van der Waals surface area contributed by atoms with Gasteiger partial charge >= 0.3 is 0 Å². The van der Waals surface area contributed by atoms with Crippen molar-refractivity contribution in [2.24, 2.45) is 0 Å². The Kier molecular flexibility index (Phi) is 3.79. The fourth-order valence-corrected chi connectivity index (χ4v) is 1.86. The van der Waals surface area contributed by atoms with E-state index >= 15 is 0 Å². The van der Waals surface area contributed by atoms with Crippen LogP contribution in [0.4, 0.5) is 11.9 Å². The number of aryl methyl sites for hydroxylation is 1. The van der Waals surface area contributed by atoms with Gasteiger partial charge in [-0.1, -0.05) is 18.2 Å². The lowest BCUT2D eigenvalue weighted by molar-refractivity contribution is 0.408. The quantitative estimate of drug-likeness (QED) is 0.872. The van der Waals surface area contributed by atoms with Gasteiger partial charge in [0.2, 0.25) is 11.9 Å². The zero-order valence-electron chi connectivity index (χ0n) is 11.2. The molecule has 0 aliphatic rings. The molecule has 0 spiro atoms. The number of nitrogens with one attached hydrogen (secondary N) is 1. The molecule has 1 unspecified atom stereocenters. The second-order valence-electron chi connectivity index (χ2n) is 4.17. The zero-order chi connectivity index (χ0) is 13.8. The van der Waals surface area contributed by atoms with E-state index in [1.807, 2.05) is 31.2 Å². The lowest BCUT2D eigenvalue weighted by atomic mass is 10.1. The fraction of sp³-hybridized carbons (Fsp3) is 0.308. The summed E-state index contributed by atoms with van der Waals surface area (Å²) >= 11 is 0. The second kappa shape index (κ2) is 5.51. The molecule has 0 saturated carbocycles. The van der Waals surface area contributed by atoms with Crippen LogP contribution in [0.5, 0.6) is 5.75 Å². The first kappa shape index (κ1) is 13.1. The molecule has 0 amide bonds. The highest BCUT2D eigenvalue weighted by molar-refractivity contribution is 5.41. The summed E-state index contributed by atoms with van der Waals surface area (Å²) in [6, 6.07) is 7.80. The van der Waals surface area contributed by atoms with Gasteiger partial charge in [0.1, 0.15) is 11.6 Å². The SMILES string of the molecule is COc1ccccc1C(C)Nc1nc(C)nc(N)n1. The van der Waals surface area contributed by atoms with E-state index < -0.39 is 0 Å². The monoisotopic (exact) mass is 259 g/mol. The number of nitrogen functional groups attached to an aromatic ring is 1. The van der Waals surface area contributed by atoms with Gasteiger partial charge in [0.25, 0.3) is 0 Å². The number of hydrogen-bond donors (Lipinski definition) is 2. The number of benzene rings is 1. The van der Waals surface area contributed by atoms with Crippen molar-refractivity contribution < 1.29 is 4.74 Å². The third-order valence-electron chi connectivity index (χ3n) is 2.72. The Labute approximate surface area is 112 Å². The van der Waals surface area contributed by atoms with Gasteiger partial charge in [-0.05, 0) is 19.9 Å². The summed E-state index contributed by atoms with van der Waals surface area (Å²) in [5.41, 5.74) is 6.63. The van der Waals surface area contributed by atoms with Crippen molar-refractivity contribution >= 4 is 11.9 Å². The molecular formula is C13H17N5O. The van der Waals surface area contributed by atoms with Crippen LogP contribution in [0.3, 0.4) is 0 Å². The molecule has 19 heavy (non-hydrogen) atoms. The van der Waals surface area contributed by atoms with Crippen LogP contribution in [-0.4, -0.2) is 22.1 Å². The Balaban J connectivity index is 2.22. The van der Waals surface area contributed by atoms with Crippen molar-refractivity contribution in [1.29, 1.82) is 0 Å². The highest BCUT2D eigenvalue weighted by Gasteiger charge is 2.12. The molecule has 0 bridgehead atoms. The number of para-hydroxylation sites is 1. The van der Waals surface area contributed by atoms with E-state index in [-0.39, 0.29) is 12.0 Å². The summed E-state index contributed by atoms with van der Waals surface area (Å²) in [5.74, 6) is 2.08. The van der Waals surface area contributed by atoms with Crippen LogP contribution in [0.2, 0.25) is 0 Å². The molecule has 0 aliphatic carbocycles. The minimum atomic E-state index is -0.00245. The first-order chi connectivity index (χ1) is 9.10. The Hall–Kier alpha value is -2.37. The number of rotatable bonds is 4. The Morgan fingerprint density at radius 2 is 1.95 bits per heavy atom. The van der Waals surface area contributed by atoms with Crippen molar-refractivity contribution in [3.63, 3.8) is 0 Å². The Morgan fingerprint density at radius 3 is 2.63 bits per heavy atom. The van der Waals surface area contributed by atoms with E-state index in [2.05, 4.69) is 20.3 Å². The van der Waals surface area contributed by atoms with Gasteiger partial charge in [-0.3, -0.25) is 0 Å². The van der Waals surface area contributed by atoms with E-state index in [1.54, 1.807) is 14.0 Å². The van der Waals surface area contributed by atoms with Crippen LogP contribution in [0.15, 0.2) is 24.3 Å². The van der Waals surface area contributed by atoms with Crippen LogP contribution in [0, 0.1) is 6.92 Å². The molecular weight excluding hydrogens is 242 g/mol. The summed E-state index contributed by atoms with van der Waals surface area (Å²) in [6.07, 6.45) is 0. The van der Waals surface area contributed by atoms with Gasteiger partial charge < -0.3 is 15.8 Å². The maximum absolute atomic E-state index is 5.60. The van der Waals surface area contributed by atoms with Crippen LogP contribution in [0.25, 0.3) is 0 Å². The number of nitrogens with zero attached hydrogens (tertiary/aromatic N) is 3. The first-order valence-corrected chi connectivity index (χ1v) is 5.97. The first-order valence-electron chi connectivity index (χ1n) is 5.97. The normalized spacial score (nSPS) is 11.9. The van der Waals surface area contributed by atoms with E-state index in [1.165, 1.54) is 0 Å². The van der Waals surface area contributed by atoms with Crippen LogP contribution in [0.1, 0.15) is 24.4 Å². The standard InChI is InChI=1S/C13H17N5O/c1-8(10-6-4-5-7-11(10)19-3)15-13-17-9(2)16-12(14)18-13/h4-8H,1-3H3,(H3,14,15,16,17,18). The molecule has 1 atom stereocenters. The van der Waals surface area contributed by atoms with Crippen molar-refractivity contribution in [3.05, 3.63) is 35.7 Å². The second-order valence-corrected chi connectivity index (χ2v) is 4.17. The molecule has 0 radical (unpaired) electrons. The van der Waals surface area contributed by atoms with Crippen LogP contribution < -0.4 is 15.8 Å². The van der Waals surface area contributed by atoms with Gasteiger partial charge in [0, 0.05) is 5.56 Å². The van der Waals surface area contributed by atoms with E-state index in [9.17, 15) is 0 Å². The predicted octanol–water partition coefficient (Wildman–Crippen LogP) is 1.94. The van der Waals surface area contributed by atoms with Gasteiger partial charge in [-0.15, -0.1) is 0 Å². The molecule has 2 rings (SSSR count). The predicted molar refractivity (Wildman–Crippen MR) is 74.0 cm³/mol. The van der Waals surface area contributed by atoms with Gasteiger partial charge in [0.05, 0.1) is 13.2 Å². The molecule has 1 aromatic heterocycles. The molecule has 1 aromatic carbocycles. The molecule has 0 fully saturated rings. The molecule has 3 N–H and O–H groups in total. The van der Waals surface area contributed by atoms with E-state index in [4.69, 9.17) is 10.5 Å². The molecule has 0 saturated heterocycles. The fourth-order valence-electron chi connectivity index (χ4n) is 1.86. The summed E-state index contributed by atoms with van der Waals surface area (Å²) in [6.45, 7) is 3.78. The van der Waals surface area contributed by atoms with Crippen molar-refractivity contribution in [2.75, 3.05) is 18.2 Å². The van der Waals surface area contributed by atoms with E-state index in [0.717, 1.165) is 11.3 Å². The third kappa shape index (κ3) is 3.09. The minimum Gasteiger partial charge on any atom is -0.496 e. The lowest BCUT2D eigenvalue weighted by Gasteiger charge is -2.17. The average Bonchev–Trinajstić information content (AvgIpc) is 2.37. The highest BCUT2D eigenvalue weighted by atomic mass is 16.5. The van der Waals surface area contributed by atoms with E-state index in [0.29, 0.717) is 11.8 Å². The number of anilines is 2. The van der Waals surface area contributed by atoms with Crippen molar-refractivity contribution in [2.45, 2.75) is 19.9 Å². The molecule has 2 aromatic rings. The molecule has 6 nitrogen and oxygen atoms in total. The maximum Gasteiger partial charge on any atom is 0.228 e. The third-order valence-corrected chi connectivity index (χ3v) is 2.72. The number of aromatic nitrogens is 3. The van der Waals surface area contributed by atoms with Gasteiger partial charge in [-0.2, -0.15) is 15.0 Å². The van der Waals surface area contributed by atoms with Crippen molar-refractivity contribution in [3.8, 4) is 5.75 Å². The number of nitrogens with two attached hydrogens (primary N) is 1. The number of hydrogen-bond acceptors (Lipinski definition) is 6. The smallest absolute Gasteiger partial charge is 0.228 e. The lowest BCUT2D eigenvalue weighted by Crippen LogP contribution is -2.12. The van der Waals surface area contributed by atoms with Crippen LogP contribution in [-0.2, 0) is 0 Å². The largest absolute Gasteiger partial charge is 0.496 e.